The fraction of sp³-hybridized carbons (Fsp3) is 0.423. The SMILES string of the molecule is CCc1nc2c(C)cc(C)nc2n1Cc1ccc2[nH]c(C(=O)N3CCCN(C)CC3)cc2c1. The van der Waals surface area contributed by atoms with Crippen molar-refractivity contribution in [3.05, 3.63) is 58.7 Å². The van der Waals surface area contributed by atoms with Crippen molar-refractivity contribution in [2.24, 2.45) is 0 Å². The first-order chi connectivity index (χ1) is 15.9. The second kappa shape index (κ2) is 8.63. The molecule has 172 valence electrons. The average Bonchev–Trinajstić information content (AvgIpc) is 3.29. The van der Waals surface area contributed by atoms with E-state index in [2.05, 4.69) is 59.6 Å². The van der Waals surface area contributed by atoms with E-state index in [9.17, 15) is 4.79 Å². The molecule has 0 radical (unpaired) electrons. The molecule has 3 aromatic heterocycles. The topological polar surface area (TPSA) is 70.0 Å². The van der Waals surface area contributed by atoms with Crippen molar-refractivity contribution in [3.63, 3.8) is 0 Å². The molecule has 1 fully saturated rings. The molecule has 33 heavy (non-hydrogen) atoms. The number of likely N-dealkylation sites (N-methyl/N-ethyl adjacent to an activating group) is 1. The number of nitrogens with zero attached hydrogens (tertiary/aromatic N) is 5. The van der Waals surface area contributed by atoms with Gasteiger partial charge in [-0.1, -0.05) is 13.0 Å². The maximum atomic E-state index is 13.1. The zero-order valence-corrected chi connectivity index (χ0v) is 20.0. The molecule has 0 unspecified atom stereocenters. The van der Waals surface area contributed by atoms with Crippen LogP contribution in [-0.2, 0) is 13.0 Å². The van der Waals surface area contributed by atoms with Gasteiger partial charge in [0.25, 0.3) is 5.91 Å². The van der Waals surface area contributed by atoms with Gasteiger partial charge in [0.15, 0.2) is 5.65 Å². The number of pyridine rings is 1. The van der Waals surface area contributed by atoms with Crippen LogP contribution in [0.2, 0.25) is 0 Å². The van der Waals surface area contributed by atoms with Gasteiger partial charge < -0.3 is 19.4 Å². The van der Waals surface area contributed by atoms with Crippen molar-refractivity contribution >= 4 is 28.0 Å². The molecule has 5 rings (SSSR count). The fourth-order valence-corrected chi connectivity index (χ4v) is 4.88. The summed E-state index contributed by atoms with van der Waals surface area (Å²) in [6.45, 7) is 10.5. The Labute approximate surface area is 194 Å². The number of aromatic nitrogens is 4. The zero-order valence-electron chi connectivity index (χ0n) is 20.0. The van der Waals surface area contributed by atoms with Gasteiger partial charge in [0.05, 0.1) is 6.54 Å². The molecule has 0 atom stereocenters. The standard InChI is InChI=1S/C26H32N6O/c1-5-23-29-24-17(2)13-18(3)27-25(24)32(23)16-19-7-8-21-20(14-19)15-22(28-21)26(33)31-10-6-9-30(4)11-12-31/h7-8,13-15,28H,5-6,9-12,16H2,1-4H3. The first-order valence-corrected chi connectivity index (χ1v) is 11.9. The molecular weight excluding hydrogens is 412 g/mol. The van der Waals surface area contributed by atoms with Crippen LogP contribution in [-0.4, -0.2) is 68.5 Å². The second-order valence-electron chi connectivity index (χ2n) is 9.27. The predicted molar refractivity (Wildman–Crippen MR) is 132 cm³/mol. The van der Waals surface area contributed by atoms with E-state index in [1.165, 1.54) is 5.56 Å². The lowest BCUT2D eigenvalue weighted by Gasteiger charge is -2.19. The highest BCUT2D eigenvalue weighted by Crippen LogP contribution is 2.23. The molecule has 7 nitrogen and oxygen atoms in total. The highest BCUT2D eigenvalue weighted by molar-refractivity contribution is 5.98. The molecule has 0 aliphatic carbocycles. The Morgan fingerprint density at radius 1 is 1.06 bits per heavy atom. The molecule has 1 saturated heterocycles. The van der Waals surface area contributed by atoms with Crippen LogP contribution < -0.4 is 0 Å². The summed E-state index contributed by atoms with van der Waals surface area (Å²) in [7, 11) is 2.12. The Bertz CT molecular complexity index is 1330. The number of H-pyrrole nitrogens is 1. The number of carbonyl (C=O) groups is 1. The van der Waals surface area contributed by atoms with Gasteiger partial charge in [-0.15, -0.1) is 0 Å². The molecular formula is C26H32N6O. The third-order valence-electron chi connectivity index (χ3n) is 6.68. The molecule has 1 N–H and O–H groups in total. The maximum Gasteiger partial charge on any atom is 0.270 e. The third-order valence-corrected chi connectivity index (χ3v) is 6.68. The lowest BCUT2D eigenvalue weighted by molar-refractivity contribution is 0.0758. The molecule has 1 aliphatic heterocycles. The van der Waals surface area contributed by atoms with Gasteiger partial charge in [0, 0.05) is 42.7 Å². The summed E-state index contributed by atoms with van der Waals surface area (Å²) in [6.07, 6.45) is 1.86. The Morgan fingerprint density at radius 3 is 2.73 bits per heavy atom. The van der Waals surface area contributed by atoms with Gasteiger partial charge >= 0.3 is 0 Å². The van der Waals surface area contributed by atoms with Crippen LogP contribution in [0.1, 0.15) is 46.5 Å². The highest BCUT2D eigenvalue weighted by Gasteiger charge is 2.21. The van der Waals surface area contributed by atoms with Gasteiger partial charge in [-0.2, -0.15) is 0 Å². The summed E-state index contributed by atoms with van der Waals surface area (Å²) < 4.78 is 2.23. The summed E-state index contributed by atoms with van der Waals surface area (Å²) in [5.41, 5.74) is 6.93. The van der Waals surface area contributed by atoms with Crippen molar-refractivity contribution in [2.45, 2.75) is 40.2 Å². The van der Waals surface area contributed by atoms with E-state index in [1.54, 1.807) is 0 Å². The number of hydrogen-bond donors (Lipinski definition) is 1. The summed E-state index contributed by atoms with van der Waals surface area (Å²) in [5.74, 6) is 1.13. The molecule has 0 spiro atoms. The van der Waals surface area contributed by atoms with E-state index in [1.807, 2.05) is 17.9 Å². The Hall–Kier alpha value is -3.19. The number of aromatic amines is 1. The van der Waals surface area contributed by atoms with Crippen molar-refractivity contribution in [2.75, 3.05) is 33.2 Å². The monoisotopic (exact) mass is 444 g/mol. The van der Waals surface area contributed by atoms with Gasteiger partial charge in [0.2, 0.25) is 0 Å². The summed E-state index contributed by atoms with van der Waals surface area (Å²) in [4.78, 5) is 30.4. The second-order valence-corrected chi connectivity index (χ2v) is 9.27. The fourth-order valence-electron chi connectivity index (χ4n) is 4.88. The van der Waals surface area contributed by atoms with E-state index in [0.29, 0.717) is 12.2 Å². The molecule has 1 aliphatic rings. The minimum atomic E-state index is 0.0899. The van der Waals surface area contributed by atoms with Crippen LogP contribution in [0.3, 0.4) is 0 Å². The molecule has 7 heteroatoms. The molecule has 1 amide bonds. The molecule has 1 aromatic carbocycles. The molecule has 4 heterocycles. The minimum absolute atomic E-state index is 0.0899. The maximum absolute atomic E-state index is 13.1. The van der Waals surface area contributed by atoms with E-state index >= 15 is 0 Å². The largest absolute Gasteiger partial charge is 0.351 e. The number of benzene rings is 1. The summed E-state index contributed by atoms with van der Waals surface area (Å²) in [6, 6.07) is 10.5. The van der Waals surface area contributed by atoms with Gasteiger partial charge in [-0.3, -0.25) is 4.79 Å². The van der Waals surface area contributed by atoms with Crippen LogP contribution in [0.4, 0.5) is 0 Å². The number of nitrogens with one attached hydrogen (secondary N) is 1. The molecule has 4 aromatic rings. The zero-order chi connectivity index (χ0) is 23.1. The summed E-state index contributed by atoms with van der Waals surface area (Å²) >= 11 is 0. The lowest BCUT2D eigenvalue weighted by Crippen LogP contribution is -2.34. The minimum Gasteiger partial charge on any atom is -0.351 e. The van der Waals surface area contributed by atoms with Gasteiger partial charge in [-0.25, -0.2) is 9.97 Å². The predicted octanol–water partition coefficient (Wildman–Crippen LogP) is 3.92. The normalized spacial score (nSPS) is 15.5. The van der Waals surface area contributed by atoms with Crippen LogP contribution in [0.5, 0.6) is 0 Å². The van der Waals surface area contributed by atoms with E-state index in [0.717, 1.165) is 78.2 Å². The van der Waals surface area contributed by atoms with Crippen molar-refractivity contribution in [1.82, 2.24) is 29.3 Å². The molecule has 0 saturated carbocycles. The van der Waals surface area contributed by atoms with Crippen LogP contribution in [0.15, 0.2) is 30.3 Å². The molecule has 0 bridgehead atoms. The van der Waals surface area contributed by atoms with Crippen LogP contribution in [0, 0.1) is 13.8 Å². The van der Waals surface area contributed by atoms with Crippen molar-refractivity contribution in [1.29, 1.82) is 0 Å². The number of hydrogen-bond acceptors (Lipinski definition) is 4. The number of carbonyl (C=O) groups excluding carboxylic acids is 1. The Balaban J connectivity index is 1.45. The average molecular weight is 445 g/mol. The quantitative estimate of drug-likeness (QED) is 0.518. The van der Waals surface area contributed by atoms with E-state index in [4.69, 9.17) is 9.97 Å². The lowest BCUT2D eigenvalue weighted by atomic mass is 10.1. The smallest absolute Gasteiger partial charge is 0.270 e. The van der Waals surface area contributed by atoms with E-state index < -0.39 is 0 Å². The summed E-state index contributed by atoms with van der Waals surface area (Å²) in [5, 5.41) is 1.06. The number of rotatable bonds is 4. The first-order valence-electron chi connectivity index (χ1n) is 11.9. The van der Waals surface area contributed by atoms with Crippen molar-refractivity contribution in [3.8, 4) is 0 Å². The Kier molecular flexibility index (Phi) is 5.66. The number of aryl methyl sites for hydroxylation is 3. The van der Waals surface area contributed by atoms with Crippen molar-refractivity contribution < 1.29 is 4.79 Å². The Morgan fingerprint density at radius 2 is 1.91 bits per heavy atom. The number of imidazole rings is 1. The first kappa shape index (κ1) is 21.6. The third kappa shape index (κ3) is 4.13. The van der Waals surface area contributed by atoms with Crippen LogP contribution in [0.25, 0.3) is 22.1 Å². The number of amides is 1. The van der Waals surface area contributed by atoms with Gasteiger partial charge in [0.1, 0.15) is 17.0 Å². The van der Waals surface area contributed by atoms with Gasteiger partial charge in [-0.05, 0) is 69.3 Å². The highest BCUT2D eigenvalue weighted by atomic mass is 16.2. The number of fused-ring (bicyclic) bond motifs is 2. The van der Waals surface area contributed by atoms with Crippen LogP contribution >= 0.6 is 0 Å². The van der Waals surface area contributed by atoms with E-state index in [-0.39, 0.29) is 5.91 Å².